The first-order valence-electron chi connectivity index (χ1n) is 15.7. The van der Waals surface area contributed by atoms with E-state index in [0.717, 1.165) is 12.2 Å². The predicted octanol–water partition coefficient (Wildman–Crippen LogP) is 3.78. The van der Waals surface area contributed by atoms with Crippen molar-refractivity contribution in [3.05, 3.63) is 94.9 Å². The molecule has 4 heterocycles. The van der Waals surface area contributed by atoms with E-state index in [0.29, 0.717) is 6.42 Å². The topological polar surface area (TPSA) is 217 Å². The summed E-state index contributed by atoms with van der Waals surface area (Å²) in [7, 11) is 0. The molecule has 0 aromatic rings. The normalized spacial score (nSPS) is 29.6. The molecule has 1 saturated carbocycles. The summed E-state index contributed by atoms with van der Waals surface area (Å²) in [6, 6.07) is 0. The van der Waals surface area contributed by atoms with Crippen molar-refractivity contribution in [3.63, 3.8) is 0 Å². The van der Waals surface area contributed by atoms with Crippen LogP contribution in [0.3, 0.4) is 0 Å². The van der Waals surface area contributed by atoms with Crippen LogP contribution in [0.4, 0.5) is 0 Å². The van der Waals surface area contributed by atoms with E-state index in [2.05, 4.69) is 0 Å². The van der Waals surface area contributed by atoms with E-state index in [-0.39, 0.29) is 36.8 Å². The van der Waals surface area contributed by atoms with Gasteiger partial charge in [-0.1, -0.05) is 43.4 Å². The third-order valence-electron chi connectivity index (χ3n) is 8.11. The van der Waals surface area contributed by atoms with Gasteiger partial charge in [0.1, 0.15) is 22.3 Å². The summed E-state index contributed by atoms with van der Waals surface area (Å²) >= 11 is 0. The van der Waals surface area contributed by atoms with Gasteiger partial charge in [0, 0.05) is 52.9 Å². The minimum Gasteiger partial charge on any atom is -0.480 e. The quantitative estimate of drug-likeness (QED) is 0.126. The number of esters is 6. The van der Waals surface area contributed by atoms with E-state index in [4.69, 9.17) is 37.9 Å². The number of hydrogen-bond donors (Lipinski definition) is 2. The summed E-state index contributed by atoms with van der Waals surface area (Å²) < 4.78 is 42.4. The van der Waals surface area contributed by atoms with Crippen LogP contribution in [0, 0.1) is 0 Å². The van der Waals surface area contributed by atoms with E-state index in [9.17, 15) is 39.0 Å². The summed E-state index contributed by atoms with van der Waals surface area (Å²) in [6.07, 6.45) is 12.5. The molecule has 4 aliphatic heterocycles. The van der Waals surface area contributed by atoms with Crippen LogP contribution in [-0.2, 0) is 66.7 Å². The van der Waals surface area contributed by atoms with Gasteiger partial charge in [0.05, 0.1) is 0 Å². The van der Waals surface area contributed by atoms with Crippen LogP contribution in [-0.4, -0.2) is 69.2 Å². The Hall–Kier alpha value is -6.06. The summed E-state index contributed by atoms with van der Waals surface area (Å²) in [6.45, 7) is 6.13. The first-order chi connectivity index (χ1) is 24.0. The Morgan fingerprint density at radius 1 is 0.510 bits per heavy atom. The number of ether oxygens (including phenoxy) is 8. The lowest BCUT2D eigenvalue weighted by atomic mass is 9.87. The lowest BCUT2D eigenvalue weighted by molar-refractivity contribution is -0.291. The molecule has 1 aliphatic carbocycles. The Bertz CT molecular complexity index is 1760. The molecule has 16 heteroatoms. The molecule has 16 nitrogen and oxygen atoms in total. The summed E-state index contributed by atoms with van der Waals surface area (Å²) in [5, 5.41) is 20.0. The fourth-order valence-corrected chi connectivity index (χ4v) is 5.25. The monoisotopic (exact) mass is 710 g/mol. The molecule has 5 aliphatic rings. The number of allylic oxidation sites excluding steroid dienone is 8. The third-order valence-corrected chi connectivity index (χ3v) is 8.11. The maximum absolute atomic E-state index is 12.8. The minimum atomic E-state index is -1.67. The molecule has 0 amide bonds. The van der Waals surface area contributed by atoms with Crippen LogP contribution in [0.15, 0.2) is 94.9 Å². The van der Waals surface area contributed by atoms with Gasteiger partial charge in [-0.2, -0.15) is 0 Å². The Balaban J connectivity index is 1.14. The van der Waals surface area contributed by atoms with Gasteiger partial charge in [0.25, 0.3) is 35.0 Å². The Labute approximate surface area is 290 Å². The van der Waals surface area contributed by atoms with Crippen LogP contribution in [0.25, 0.3) is 0 Å². The number of carbonyl (C=O) groups excluding carboxylic acids is 6. The van der Waals surface area contributed by atoms with Crippen molar-refractivity contribution in [2.24, 2.45) is 0 Å². The molecule has 2 saturated heterocycles. The smallest absolute Gasteiger partial charge is 0.348 e. The number of aliphatic hydroxyl groups excluding tert-OH is 2. The van der Waals surface area contributed by atoms with Crippen LogP contribution in [0.5, 0.6) is 0 Å². The van der Waals surface area contributed by atoms with Crippen molar-refractivity contribution in [3.8, 4) is 0 Å². The molecule has 1 atom stereocenters. The summed E-state index contributed by atoms with van der Waals surface area (Å²) in [4.78, 5) is 75.3. The highest BCUT2D eigenvalue weighted by molar-refractivity contribution is 6.16. The van der Waals surface area contributed by atoms with Gasteiger partial charge in [0.2, 0.25) is 0 Å². The fourth-order valence-electron chi connectivity index (χ4n) is 5.25. The molecular formula is C35H34O16. The maximum atomic E-state index is 12.8. The fraction of sp³-hybridized carbons (Fsp3) is 0.371. The van der Waals surface area contributed by atoms with Crippen molar-refractivity contribution in [2.75, 3.05) is 0 Å². The lowest BCUT2D eigenvalue weighted by Gasteiger charge is -2.45. The van der Waals surface area contributed by atoms with Crippen LogP contribution in [0.1, 0.15) is 59.8 Å². The van der Waals surface area contributed by atoms with E-state index < -0.39 is 82.0 Å². The molecule has 1 unspecified atom stereocenters. The molecule has 0 radical (unpaired) electrons. The number of hydrogen-bond acceptors (Lipinski definition) is 16. The van der Waals surface area contributed by atoms with Gasteiger partial charge in [-0.15, -0.1) is 0 Å². The molecular weight excluding hydrogens is 676 g/mol. The number of rotatable bonds is 7. The average molecular weight is 711 g/mol. The van der Waals surface area contributed by atoms with E-state index in [1.165, 1.54) is 69.4 Å². The number of carbonyl (C=O) groups is 6. The average Bonchev–Trinajstić information content (AvgIpc) is 3.02. The molecule has 3 fully saturated rings. The molecule has 5 rings (SSSR count). The zero-order chi connectivity index (χ0) is 37.2. The Morgan fingerprint density at radius 3 is 1.27 bits per heavy atom. The standard InChI is InChI=1S/C35H34O16/c1-5-33(4)46-26(38)21(27(39)47-33)13-9-7-11-15-23-30(42)50-35(51-31(23)43)18-16-34(17-19-35)48-28(40)22(29(41)49-34)14-10-6-8-12-20-24(36)44-32(2,3)45-25(20)37/h6-15,36,38H,5,16-19H2,1-4H3/b10-6+,11-7+,12-8+,13-9+,22-14?,23-15?. The largest absolute Gasteiger partial charge is 0.480 e. The highest BCUT2D eigenvalue weighted by Gasteiger charge is 2.56. The van der Waals surface area contributed by atoms with Gasteiger partial charge < -0.3 is 48.1 Å². The molecule has 2 spiro atoms. The second kappa shape index (κ2) is 13.7. The van der Waals surface area contributed by atoms with Crippen LogP contribution < -0.4 is 0 Å². The van der Waals surface area contributed by atoms with Gasteiger partial charge in [-0.05, 0) is 24.3 Å². The Morgan fingerprint density at radius 2 is 0.902 bits per heavy atom. The third kappa shape index (κ3) is 7.90. The molecule has 0 bridgehead atoms. The first kappa shape index (κ1) is 36.2. The maximum Gasteiger partial charge on any atom is 0.348 e. The van der Waals surface area contributed by atoms with E-state index in [1.807, 2.05) is 0 Å². The summed E-state index contributed by atoms with van der Waals surface area (Å²) in [5.41, 5.74) is -1.28. The highest BCUT2D eigenvalue weighted by Crippen LogP contribution is 2.45. The predicted molar refractivity (Wildman–Crippen MR) is 167 cm³/mol. The van der Waals surface area contributed by atoms with Crippen molar-refractivity contribution in [1.29, 1.82) is 0 Å². The van der Waals surface area contributed by atoms with Crippen molar-refractivity contribution >= 4 is 35.8 Å². The number of cyclic esters (lactones) is 2. The van der Waals surface area contributed by atoms with Gasteiger partial charge in [-0.25, -0.2) is 28.8 Å². The Kier molecular flexibility index (Phi) is 9.72. The van der Waals surface area contributed by atoms with Gasteiger partial charge in [0.15, 0.2) is 0 Å². The van der Waals surface area contributed by atoms with Crippen LogP contribution in [0.2, 0.25) is 0 Å². The SMILES string of the molecule is CCC1(C)OC(=O)C(/C=C/C=C/C=C2C(=O)OC3(CCC4(CC3)OC(=O)C(=C/C=C/C=C/C3=C(O)OC(C)(C)OC3=O)C(=O)O4)OC2=O)=C(O)O1. The second-order valence-electron chi connectivity index (χ2n) is 12.3. The summed E-state index contributed by atoms with van der Waals surface area (Å²) in [5.74, 6) is -12.6. The first-order valence-corrected chi connectivity index (χ1v) is 15.7. The van der Waals surface area contributed by atoms with Crippen molar-refractivity contribution in [1.82, 2.24) is 0 Å². The van der Waals surface area contributed by atoms with Crippen molar-refractivity contribution < 1.29 is 76.9 Å². The molecule has 0 aromatic carbocycles. The van der Waals surface area contributed by atoms with Crippen molar-refractivity contribution in [2.45, 2.75) is 82.9 Å². The number of aliphatic hydroxyl groups is 2. The zero-order valence-corrected chi connectivity index (χ0v) is 27.9. The molecule has 51 heavy (non-hydrogen) atoms. The minimum absolute atomic E-state index is 0.138. The van der Waals surface area contributed by atoms with E-state index >= 15 is 0 Å². The van der Waals surface area contributed by atoms with E-state index in [1.54, 1.807) is 6.92 Å². The molecule has 0 aromatic heterocycles. The highest BCUT2D eigenvalue weighted by atomic mass is 16.8. The molecule has 270 valence electrons. The molecule has 2 N–H and O–H groups in total. The van der Waals surface area contributed by atoms with Gasteiger partial charge in [-0.3, -0.25) is 0 Å². The zero-order valence-electron chi connectivity index (χ0n) is 27.9. The lowest BCUT2D eigenvalue weighted by Crippen LogP contribution is -2.56. The van der Waals surface area contributed by atoms with Crippen LogP contribution >= 0.6 is 0 Å². The second-order valence-corrected chi connectivity index (χ2v) is 12.3. The van der Waals surface area contributed by atoms with Gasteiger partial charge >= 0.3 is 35.8 Å².